The molecule has 3 heterocycles. The van der Waals surface area contributed by atoms with Crippen LogP contribution in [0.3, 0.4) is 0 Å². The van der Waals surface area contributed by atoms with Gasteiger partial charge in [-0.2, -0.15) is 10.1 Å². The summed E-state index contributed by atoms with van der Waals surface area (Å²) >= 11 is 0. The molecule has 1 unspecified atom stereocenters. The summed E-state index contributed by atoms with van der Waals surface area (Å²) in [6, 6.07) is 16.5. The van der Waals surface area contributed by atoms with Gasteiger partial charge in [-0.25, -0.2) is 4.39 Å². The van der Waals surface area contributed by atoms with Gasteiger partial charge >= 0.3 is 0 Å². The van der Waals surface area contributed by atoms with Crippen molar-refractivity contribution in [1.82, 2.24) is 19.9 Å². The van der Waals surface area contributed by atoms with Crippen LogP contribution in [0.15, 0.2) is 59.1 Å². The maximum absolute atomic E-state index is 13.2. The summed E-state index contributed by atoms with van der Waals surface area (Å²) < 4.78 is 26.5. The summed E-state index contributed by atoms with van der Waals surface area (Å²) in [5.41, 5.74) is 4.70. The van der Waals surface area contributed by atoms with Gasteiger partial charge in [0, 0.05) is 5.56 Å². The molecule has 31 heavy (non-hydrogen) atoms. The molecule has 2 aromatic heterocycles. The van der Waals surface area contributed by atoms with Crippen LogP contribution in [0.5, 0.6) is 0 Å². The highest BCUT2D eigenvalue weighted by Crippen LogP contribution is 2.30. The van der Waals surface area contributed by atoms with Crippen LogP contribution < -0.4 is 0 Å². The molecular weight excluding hydrogens is 395 g/mol. The van der Waals surface area contributed by atoms with Crippen molar-refractivity contribution in [3.8, 4) is 23.0 Å². The van der Waals surface area contributed by atoms with Crippen LogP contribution in [-0.4, -0.2) is 19.9 Å². The zero-order chi connectivity index (χ0) is 21.6. The van der Waals surface area contributed by atoms with Gasteiger partial charge in [0.1, 0.15) is 11.9 Å². The molecule has 0 N–H and O–H groups in total. The zero-order valence-electron chi connectivity index (χ0n) is 17.7. The quantitative estimate of drug-likeness (QED) is 0.451. The molecule has 0 fully saturated rings. The third kappa shape index (κ3) is 3.88. The van der Waals surface area contributed by atoms with Gasteiger partial charge in [0.05, 0.1) is 18.8 Å². The van der Waals surface area contributed by atoms with Gasteiger partial charge in [-0.05, 0) is 34.7 Å². The topological polar surface area (TPSA) is 66.0 Å². The Morgan fingerprint density at radius 3 is 2.48 bits per heavy atom. The van der Waals surface area contributed by atoms with E-state index >= 15 is 0 Å². The molecule has 6 nitrogen and oxygen atoms in total. The van der Waals surface area contributed by atoms with Crippen LogP contribution in [0.1, 0.15) is 43.7 Å². The molecule has 0 radical (unpaired) electrons. The van der Waals surface area contributed by atoms with Crippen molar-refractivity contribution >= 4 is 0 Å². The molecule has 1 atom stereocenters. The number of nitrogens with zero attached hydrogens (tertiary/aromatic N) is 4. The number of hydrogen-bond acceptors (Lipinski definition) is 5. The fraction of sp³-hybridized carbons (Fsp3) is 0.292. The zero-order valence-corrected chi connectivity index (χ0v) is 17.7. The van der Waals surface area contributed by atoms with Crippen LogP contribution in [0.2, 0.25) is 0 Å². The summed E-state index contributed by atoms with van der Waals surface area (Å²) in [5, 5.41) is 8.76. The molecule has 4 aromatic rings. The molecule has 7 heteroatoms. The first kappa shape index (κ1) is 19.6. The van der Waals surface area contributed by atoms with Crippen LogP contribution in [0.4, 0.5) is 4.39 Å². The molecule has 0 amide bonds. The normalized spacial score (nSPS) is 16.3. The van der Waals surface area contributed by atoms with E-state index in [2.05, 4.69) is 48.1 Å². The Morgan fingerprint density at radius 1 is 1.03 bits per heavy atom. The highest BCUT2D eigenvalue weighted by Gasteiger charge is 2.24. The summed E-state index contributed by atoms with van der Waals surface area (Å²) in [6.45, 7) is 7.48. The summed E-state index contributed by atoms with van der Waals surface area (Å²) in [4.78, 5) is 4.54. The highest BCUT2D eigenvalue weighted by molar-refractivity contribution is 5.58. The molecule has 0 bridgehead atoms. The Kier molecular flexibility index (Phi) is 4.70. The minimum atomic E-state index is -0.262. The van der Waals surface area contributed by atoms with E-state index in [9.17, 15) is 4.39 Å². The van der Waals surface area contributed by atoms with Crippen molar-refractivity contribution in [3.05, 3.63) is 77.2 Å². The second-order valence-electron chi connectivity index (χ2n) is 8.80. The van der Waals surface area contributed by atoms with E-state index in [1.165, 1.54) is 17.7 Å². The number of aromatic nitrogens is 4. The van der Waals surface area contributed by atoms with E-state index < -0.39 is 0 Å². The number of fused-ring (bicyclic) bond motifs is 1. The molecule has 1 aliphatic rings. The lowest BCUT2D eigenvalue weighted by Gasteiger charge is -2.24. The first-order chi connectivity index (χ1) is 14.9. The van der Waals surface area contributed by atoms with Crippen molar-refractivity contribution in [1.29, 1.82) is 0 Å². The third-order valence-electron chi connectivity index (χ3n) is 5.53. The largest absolute Gasteiger partial charge is 0.365 e. The van der Waals surface area contributed by atoms with E-state index in [-0.39, 0.29) is 17.3 Å². The van der Waals surface area contributed by atoms with Crippen LogP contribution in [-0.2, 0) is 23.3 Å². The first-order valence-electron chi connectivity index (χ1n) is 10.3. The molecule has 0 saturated heterocycles. The smallest absolute Gasteiger partial charge is 0.278 e. The Bertz CT molecular complexity index is 1200. The van der Waals surface area contributed by atoms with E-state index in [0.717, 1.165) is 16.8 Å². The van der Waals surface area contributed by atoms with Crippen LogP contribution in [0.25, 0.3) is 23.0 Å². The molecule has 2 aromatic carbocycles. The van der Waals surface area contributed by atoms with E-state index in [1.807, 2.05) is 22.9 Å². The standard InChI is InChI=1S/C24H23FN4O2/c1-24(2,3)17-8-4-16(5-9-17)22-26-23(31-28-22)20-12-19-14-30-21(13-29(19)27-20)15-6-10-18(25)11-7-15/h4-12,21H,13-14H2,1-3H3. The van der Waals surface area contributed by atoms with Gasteiger partial charge < -0.3 is 9.26 Å². The number of ether oxygens (including phenoxy) is 1. The second kappa shape index (κ2) is 7.42. The number of hydrogen-bond donors (Lipinski definition) is 0. The average molecular weight is 418 g/mol. The van der Waals surface area contributed by atoms with Gasteiger partial charge in [0.15, 0.2) is 5.69 Å². The first-order valence-corrected chi connectivity index (χ1v) is 10.3. The molecule has 0 saturated carbocycles. The highest BCUT2D eigenvalue weighted by atomic mass is 19.1. The van der Waals surface area contributed by atoms with E-state index in [1.54, 1.807) is 12.1 Å². The Labute approximate surface area is 179 Å². The molecule has 1 aliphatic heterocycles. The van der Waals surface area contributed by atoms with Gasteiger partial charge in [0.25, 0.3) is 5.89 Å². The Balaban J connectivity index is 1.36. The predicted octanol–water partition coefficient (Wildman–Crippen LogP) is 5.31. The monoisotopic (exact) mass is 418 g/mol. The molecule has 158 valence electrons. The summed E-state index contributed by atoms with van der Waals surface area (Å²) in [5.74, 6) is 0.638. The number of rotatable bonds is 3. The molecule has 5 rings (SSSR count). The van der Waals surface area contributed by atoms with Crippen molar-refractivity contribution in [2.24, 2.45) is 0 Å². The van der Waals surface area contributed by atoms with Crippen molar-refractivity contribution in [2.75, 3.05) is 0 Å². The third-order valence-corrected chi connectivity index (χ3v) is 5.53. The molecular formula is C24H23FN4O2. The summed E-state index contributed by atoms with van der Waals surface area (Å²) in [6.07, 6.45) is -0.180. The predicted molar refractivity (Wildman–Crippen MR) is 114 cm³/mol. The van der Waals surface area contributed by atoms with Gasteiger partial charge in [-0.1, -0.05) is 62.3 Å². The van der Waals surface area contributed by atoms with Gasteiger partial charge in [0.2, 0.25) is 5.82 Å². The Hall–Kier alpha value is -3.32. The summed E-state index contributed by atoms with van der Waals surface area (Å²) in [7, 11) is 0. The maximum Gasteiger partial charge on any atom is 0.278 e. The Morgan fingerprint density at radius 2 is 1.77 bits per heavy atom. The lowest BCUT2D eigenvalue weighted by Crippen LogP contribution is -2.21. The fourth-order valence-electron chi connectivity index (χ4n) is 3.67. The van der Waals surface area contributed by atoms with E-state index in [4.69, 9.17) is 9.26 Å². The lowest BCUT2D eigenvalue weighted by atomic mass is 9.87. The fourth-order valence-corrected chi connectivity index (χ4v) is 3.67. The minimum absolute atomic E-state index is 0.0876. The van der Waals surface area contributed by atoms with Crippen molar-refractivity contribution < 1.29 is 13.7 Å². The molecule has 0 spiro atoms. The van der Waals surface area contributed by atoms with E-state index in [0.29, 0.717) is 30.6 Å². The molecule has 0 aliphatic carbocycles. The lowest BCUT2D eigenvalue weighted by molar-refractivity contribution is -0.00116. The van der Waals surface area contributed by atoms with Gasteiger partial charge in [-0.3, -0.25) is 4.68 Å². The van der Waals surface area contributed by atoms with Crippen LogP contribution >= 0.6 is 0 Å². The average Bonchev–Trinajstić information content (AvgIpc) is 3.40. The van der Waals surface area contributed by atoms with Gasteiger partial charge in [-0.15, -0.1) is 0 Å². The minimum Gasteiger partial charge on any atom is -0.365 e. The van der Waals surface area contributed by atoms with Crippen molar-refractivity contribution in [3.63, 3.8) is 0 Å². The number of benzene rings is 2. The second-order valence-corrected chi connectivity index (χ2v) is 8.80. The van der Waals surface area contributed by atoms with Crippen LogP contribution in [0, 0.1) is 5.82 Å². The number of halogens is 1. The SMILES string of the molecule is CC(C)(C)c1ccc(-c2noc(-c3cc4n(n3)CC(c3ccc(F)cc3)OC4)n2)cc1. The van der Waals surface area contributed by atoms with Crippen molar-refractivity contribution in [2.45, 2.75) is 45.4 Å². The maximum atomic E-state index is 13.2.